The van der Waals surface area contributed by atoms with E-state index in [1.54, 1.807) is 7.11 Å². The maximum atomic E-state index is 6.47. The topological polar surface area (TPSA) is 67.0 Å². The van der Waals surface area contributed by atoms with Crippen LogP contribution in [0.25, 0.3) is 5.69 Å². The van der Waals surface area contributed by atoms with E-state index in [1.807, 2.05) is 90.5 Å². The molecular formula is C32H24Cl2N6O. The van der Waals surface area contributed by atoms with Crippen molar-refractivity contribution >= 4 is 57.8 Å². The lowest BCUT2D eigenvalue weighted by Crippen LogP contribution is -2.46. The average Bonchev–Trinajstić information content (AvgIpc) is 3.33. The lowest BCUT2D eigenvalue weighted by molar-refractivity contribution is 0.415. The molecule has 0 amide bonds. The molecule has 4 aromatic carbocycles. The predicted molar refractivity (Wildman–Crippen MR) is 166 cm³/mol. The van der Waals surface area contributed by atoms with E-state index in [2.05, 4.69) is 28.4 Å². The Morgan fingerprint density at radius 2 is 1.61 bits per heavy atom. The number of anilines is 2. The number of hydrogen-bond acceptors (Lipinski definition) is 6. The lowest BCUT2D eigenvalue weighted by atomic mass is 9.93. The van der Waals surface area contributed by atoms with Crippen LogP contribution >= 0.6 is 23.2 Å². The zero-order chi connectivity index (χ0) is 28.1. The third kappa shape index (κ3) is 4.34. The second kappa shape index (κ2) is 10.1. The van der Waals surface area contributed by atoms with Crippen molar-refractivity contribution < 1.29 is 4.74 Å². The summed E-state index contributed by atoms with van der Waals surface area (Å²) in [5.41, 5.74) is 6.42. The Hall–Kier alpha value is -4.59. The number of para-hydroxylation sites is 3. The van der Waals surface area contributed by atoms with Gasteiger partial charge < -0.3 is 15.0 Å². The Morgan fingerprint density at radius 1 is 0.854 bits per heavy atom. The van der Waals surface area contributed by atoms with Crippen molar-refractivity contribution in [2.45, 2.75) is 13.0 Å². The number of fused-ring (bicyclic) bond motifs is 4. The molecule has 0 fully saturated rings. The Labute approximate surface area is 247 Å². The molecule has 41 heavy (non-hydrogen) atoms. The Balaban J connectivity index is 1.47. The zero-order valence-corrected chi connectivity index (χ0v) is 23.7. The molecule has 0 bridgehead atoms. The fourth-order valence-electron chi connectivity index (χ4n) is 5.39. The Morgan fingerprint density at radius 3 is 2.37 bits per heavy atom. The highest BCUT2D eigenvalue weighted by Crippen LogP contribution is 2.48. The molecule has 0 saturated heterocycles. The normalized spacial score (nSPS) is 15.3. The predicted octanol–water partition coefficient (Wildman–Crippen LogP) is 8.29. The van der Waals surface area contributed by atoms with Gasteiger partial charge in [-0.3, -0.25) is 0 Å². The minimum absolute atomic E-state index is 0.236. The van der Waals surface area contributed by atoms with Crippen LogP contribution in [-0.2, 0) is 0 Å². The molecule has 7 nitrogen and oxygen atoms in total. The van der Waals surface area contributed by atoms with Crippen LogP contribution in [0.5, 0.6) is 5.75 Å². The van der Waals surface area contributed by atoms with Gasteiger partial charge in [0.1, 0.15) is 5.75 Å². The van der Waals surface area contributed by atoms with E-state index >= 15 is 0 Å². The number of aliphatic imine (C=N–C) groups is 2. The standard InChI is InChI=1S/C32H24Cl2N6O/c1-19-28-29(20-12-14-21(33)15-13-20)39-26-11-7-6-10-25(26)36-30(35-22-16-17-27(41-2)24(34)18-22)32(39)37-31(28)40(38-19)23-8-4-3-5-9-23/h3-18,29H,1-2H3,(H,35,36)/t29-/m0/s1. The summed E-state index contributed by atoms with van der Waals surface area (Å²) in [6.07, 6.45) is 0. The molecule has 0 radical (unpaired) electrons. The molecule has 2 aliphatic rings. The number of ether oxygens (including phenoxy) is 1. The lowest BCUT2D eigenvalue weighted by Gasteiger charge is -2.40. The van der Waals surface area contributed by atoms with Crippen LogP contribution in [0, 0.1) is 6.92 Å². The van der Waals surface area contributed by atoms with Gasteiger partial charge in [-0.25, -0.2) is 14.7 Å². The Kier molecular flexibility index (Phi) is 6.26. The van der Waals surface area contributed by atoms with Crippen molar-refractivity contribution in [2.75, 3.05) is 17.3 Å². The van der Waals surface area contributed by atoms with Crippen molar-refractivity contribution in [1.29, 1.82) is 0 Å². The van der Waals surface area contributed by atoms with Crippen LogP contribution in [-0.4, -0.2) is 28.6 Å². The molecule has 202 valence electrons. The number of nitrogens with one attached hydrogen (secondary N) is 1. The van der Waals surface area contributed by atoms with Crippen LogP contribution in [0.4, 0.5) is 22.9 Å². The molecule has 5 aromatic rings. The molecule has 3 heterocycles. The van der Waals surface area contributed by atoms with Crippen molar-refractivity contribution in [3.63, 3.8) is 0 Å². The summed E-state index contributed by atoms with van der Waals surface area (Å²) >= 11 is 12.8. The van der Waals surface area contributed by atoms with Crippen LogP contribution in [0.1, 0.15) is 22.9 Å². The van der Waals surface area contributed by atoms with Gasteiger partial charge in [0.25, 0.3) is 0 Å². The van der Waals surface area contributed by atoms with Gasteiger partial charge in [0.05, 0.1) is 40.9 Å². The minimum Gasteiger partial charge on any atom is -0.495 e. The first-order valence-corrected chi connectivity index (χ1v) is 13.8. The summed E-state index contributed by atoms with van der Waals surface area (Å²) in [4.78, 5) is 12.5. The number of amidine groups is 2. The van der Waals surface area contributed by atoms with Crippen LogP contribution in [0.2, 0.25) is 10.0 Å². The minimum atomic E-state index is -0.236. The molecule has 1 aromatic heterocycles. The Bertz CT molecular complexity index is 1850. The van der Waals surface area contributed by atoms with Gasteiger partial charge in [-0.2, -0.15) is 5.10 Å². The second-order valence-corrected chi connectivity index (χ2v) is 10.6. The molecule has 2 aliphatic heterocycles. The van der Waals surface area contributed by atoms with Gasteiger partial charge in [0.2, 0.25) is 0 Å². The van der Waals surface area contributed by atoms with E-state index in [4.69, 9.17) is 43.0 Å². The fraction of sp³-hybridized carbons (Fsp3) is 0.0938. The largest absolute Gasteiger partial charge is 0.495 e. The molecule has 1 N–H and O–H groups in total. The number of benzene rings is 4. The molecule has 0 aliphatic carbocycles. The smallest absolute Gasteiger partial charge is 0.179 e. The first-order valence-electron chi connectivity index (χ1n) is 13.1. The number of halogens is 2. The summed E-state index contributed by atoms with van der Waals surface area (Å²) in [5, 5.41) is 9.62. The number of aryl methyl sites for hydroxylation is 1. The maximum absolute atomic E-state index is 6.47. The van der Waals surface area contributed by atoms with Gasteiger partial charge in [-0.15, -0.1) is 0 Å². The summed E-state index contributed by atoms with van der Waals surface area (Å²) in [7, 11) is 1.59. The first kappa shape index (κ1) is 25.4. The van der Waals surface area contributed by atoms with Crippen molar-refractivity contribution in [3.05, 3.63) is 124 Å². The van der Waals surface area contributed by atoms with E-state index in [-0.39, 0.29) is 6.04 Å². The molecule has 1 atom stereocenters. The summed E-state index contributed by atoms with van der Waals surface area (Å²) < 4.78 is 7.25. The third-order valence-corrected chi connectivity index (χ3v) is 7.79. The third-order valence-electron chi connectivity index (χ3n) is 7.24. The highest BCUT2D eigenvalue weighted by molar-refractivity contribution is 6.51. The first-order chi connectivity index (χ1) is 20.0. The highest BCUT2D eigenvalue weighted by atomic mass is 35.5. The van der Waals surface area contributed by atoms with Gasteiger partial charge in [0.15, 0.2) is 17.5 Å². The molecule has 9 heteroatoms. The number of aromatic nitrogens is 2. The van der Waals surface area contributed by atoms with Crippen molar-refractivity contribution in [1.82, 2.24) is 9.78 Å². The molecule has 0 saturated carbocycles. The van der Waals surface area contributed by atoms with Gasteiger partial charge in [0, 0.05) is 16.3 Å². The van der Waals surface area contributed by atoms with Crippen LogP contribution in [0.15, 0.2) is 107 Å². The fourth-order valence-corrected chi connectivity index (χ4v) is 5.77. The number of hydrogen-bond donors (Lipinski definition) is 1. The van der Waals surface area contributed by atoms with Gasteiger partial charge >= 0.3 is 0 Å². The van der Waals surface area contributed by atoms with Crippen molar-refractivity contribution in [2.24, 2.45) is 9.98 Å². The monoisotopic (exact) mass is 578 g/mol. The summed E-state index contributed by atoms with van der Waals surface area (Å²) in [6, 6.07) is 31.4. The SMILES string of the molecule is COc1ccc(NC2=Nc3ccccc3N3C2=Nc2c(c(C)nn2-c2ccccc2)[C@@H]3c2ccc(Cl)cc2)cc1Cl. The van der Waals surface area contributed by atoms with E-state index in [0.717, 1.165) is 45.4 Å². The van der Waals surface area contributed by atoms with Gasteiger partial charge in [-0.1, -0.05) is 65.7 Å². The molecule has 0 unspecified atom stereocenters. The zero-order valence-electron chi connectivity index (χ0n) is 22.2. The van der Waals surface area contributed by atoms with Crippen molar-refractivity contribution in [3.8, 4) is 11.4 Å². The highest BCUT2D eigenvalue weighted by Gasteiger charge is 2.41. The second-order valence-electron chi connectivity index (χ2n) is 9.75. The maximum Gasteiger partial charge on any atom is 0.179 e. The molecule has 7 rings (SSSR count). The van der Waals surface area contributed by atoms with E-state index in [0.29, 0.717) is 27.5 Å². The van der Waals surface area contributed by atoms with E-state index in [1.165, 1.54) is 0 Å². The van der Waals surface area contributed by atoms with Crippen LogP contribution in [0.3, 0.4) is 0 Å². The summed E-state index contributed by atoms with van der Waals surface area (Å²) in [6.45, 7) is 2.03. The number of methoxy groups -OCH3 is 1. The van der Waals surface area contributed by atoms with Gasteiger partial charge in [-0.05, 0) is 67.1 Å². The number of rotatable bonds is 4. The molecular weight excluding hydrogens is 555 g/mol. The number of nitrogens with zero attached hydrogens (tertiary/aromatic N) is 5. The van der Waals surface area contributed by atoms with E-state index in [9.17, 15) is 0 Å². The van der Waals surface area contributed by atoms with E-state index < -0.39 is 0 Å². The average molecular weight is 579 g/mol. The quantitative estimate of drug-likeness (QED) is 0.233. The van der Waals surface area contributed by atoms with Crippen LogP contribution < -0.4 is 15.0 Å². The summed E-state index contributed by atoms with van der Waals surface area (Å²) in [5.74, 6) is 2.61. The molecule has 0 spiro atoms.